The highest BCUT2D eigenvalue weighted by molar-refractivity contribution is 9.10. The molecule has 1 N–H and O–H groups in total. The number of carbonyl (C=O) groups is 2. The van der Waals surface area contributed by atoms with E-state index in [0.717, 1.165) is 10.9 Å². The van der Waals surface area contributed by atoms with Gasteiger partial charge in [0.05, 0.1) is 12.1 Å². The predicted molar refractivity (Wildman–Crippen MR) is 96.0 cm³/mol. The van der Waals surface area contributed by atoms with Gasteiger partial charge < -0.3 is 15.0 Å². The molecule has 132 valence electrons. The Kier molecular flexibility index (Phi) is 7.68. The minimum absolute atomic E-state index is 0.0247. The van der Waals surface area contributed by atoms with E-state index >= 15 is 0 Å². The Morgan fingerprint density at radius 2 is 1.92 bits per heavy atom. The molecule has 2 amide bonds. The lowest BCUT2D eigenvalue weighted by atomic mass is 10.2. The number of rotatable bonds is 7. The Balaban J connectivity index is 1.74. The van der Waals surface area contributed by atoms with Gasteiger partial charge in [-0.3, -0.25) is 14.5 Å². The molecular weight excluding hydrogens is 374 g/mol. The Morgan fingerprint density at radius 1 is 1.21 bits per heavy atom. The van der Waals surface area contributed by atoms with Crippen molar-refractivity contribution in [2.45, 2.75) is 6.42 Å². The number of nitrogens with one attached hydrogen (secondary N) is 1. The fourth-order valence-corrected chi connectivity index (χ4v) is 3.07. The minimum atomic E-state index is 0.0247. The molecule has 1 fully saturated rings. The Hall–Kier alpha value is -1.44. The number of carbonyl (C=O) groups excluding carboxylic acids is 2. The molecule has 0 unspecified atom stereocenters. The number of halogens is 1. The number of hydrogen-bond acceptors (Lipinski definition) is 4. The van der Waals surface area contributed by atoms with Crippen molar-refractivity contribution in [3.05, 3.63) is 34.3 Å². The molecule has 1 aromatic rings. The first-order valence-electron chi connectivity index (χ1n) is 8.13. The quantitative estimate of drug-likeness (QED) is 0.705. The smallest absolute Gasteiger partial charge is 0.255 e. The van der Waals surface area contributed by atoms with Gasteiger partial charge in [0.25, 0.3) is 5.91 Å². The molecule has 7 heteroatoms. The van der Waals surface area contributed by atoms with Crippen LogP contribution in [0.5, 0.6) is 0 Å². The van der Waals surface area contributed by atoms with Gasteiger partial charge in [0.15, 0.2) is 0 Å². The third-order valence-electron chi connectivity index (χ3n) is 3.98. The molecule has 0 atom stereocenters. The number of nitrogens with zero attached hydrogens (tertiary/aromatic N) is 2. The number of methoxy groups -OCH3 is 1. The average Bonchev–Trinajstić information content (AvgIpc) is 2.59. The fraction of sp³-hybridized carbons (Fsp3) is 0.529. The first kappa shape index (κ1) is 18.9. The van der Waals surface area contributed by atoms with Crippen LogP contribution >= 0.6 is 15.9 Å². The van der Waals surface area contributed by atoms with Crippen LogP contribution in [0.4, 0.5) is 0 Å². The molecule has 24 heavy (non-hydrogen) atoms. The van der Waals surface area contributed by atoms with Gasteiger partial charge in [0.2, 0.25) is 5.91 Å². The van der Waals surface area contributed by atoms with Crippen molar-refractivity contribution in [2.24, 2.45) is 0 Å². The van der Waals surface area contributed by atoms with Crippen molar-refractivity contribution >= 4 is 27.7 Å². The molecule has 0 aromatic heterocycles. The molecule has 0 spiro atoms. The number of hydrogen-bond donors (Lipinski definition) is 1. The SMILES string of the molecule is COCCCNC(=O)CN1CCN(C(=O)c2ccccc2Br)CC1. The van der Waals surface area contributed by atoms with Crippen LogP contribution in [0.25, 0.3) is 0 Å². The Labute approximate surface area is 151 Å². The lowest BCUT2D eigenvalue weighted by Gasteiger charge is -2.34. The molecular formula is C17H24BrN3O3. The summed E-state index contributed by atoms with van der Waals surface area (Å²) in [6, 6.07) is 7.45. The highest BCUT2D eigenvalue weighted by Crippen LogP contribution is 2.18. The normalized spacial score (nSPS) is 15.3. The van der Waals surface area contributed by atoms with Gasteiger partial charge in [-0.05, 0) is 34.5 Å². The van der Waals surface area contributed by atoms with Crippen LogP contribution in [0.3, 0.4) is 0 Å². The zero-order valence-electron chi connectivity index (χ0n) is 14.0. The van der Waals surface area contributed by atoms with Crippen LogP contribution in [0.1, 0.15) is 16.8 Å². The van der Waals surface area contributed by atoms with Gasteiger partial charge in [-0.2, -0.15) is 0 Å². The Morgan fingerprint density at radius 3 is 2.58 bits per heavy atom. The largest absolute Gasteiger partial charge is 0.385 e. The maximum absolute atomic E-state index is 12.5. The first-order valence-corrected chi connectivity index (χ1v) is 8.93. The van der Waals surface area contributed by atoms with Crippen molar-refractivity contribution in [3.8, 4) is 0 Å². The van der Waals surface area contributed by atoms with E-state index in [-0.39, 0.29) is 11.8 Å². The summed E-state index contributed by atoms with van der Waals surface area (Å²) in [7, 11) is 1.65. The fourth-order valence-electron chi connectivity index (χ4n) is 2.62. The highest BCUT2D eigenvalue weighted by Gasteiger charge is 2.24. The number of amides is 2. The van der Waals surface area contributed by atoms with Gasteiger partial charge in [-0.15, -0.1) is 0 Å². The minimum Gasteiger partial charge on any atom is -0.385 e. The molecule has 1 aliphatic rings. The van der Waals surface area contributed by atoms with E-state index in [4.69, 9.17) is 4.74 Å². The van der Waals surface area contributed by atoms with E-state index < -0.39 is 0 Å². The zero-order valence-corrected chi connectivity index (χ0v) is 15.5. The second-order valence-electron chi connectivity index (χ2n) is 5.74. The van der Waals surface area contributed by atoms with Crippen LogP contribution in [0.2, 0.25) is 0 Å². The van der Waals surface area contributed by atoms with Crippen molar-refractivity contribution in [1.29, 1.82) is 0 Å². The lowest BCUT2D eigenvalue weighted by Crippen LogP contribution is -2.51. The summed E-state index contributed by atoms with van der Waals surface area (Å²) in [5.41, 5.74) is 0.682. The summed E-state index contributed by atoms with van der Waals surface area (Å²) in [6.07, 6.45) is 0.816. The first-order chi connectivity index (χ1) is 11.6. The topological polar surface area (TPSA) is 61.9 Å². The molecule has 2 rings (SSSR count). The van der Waals surface area contributed by atoms with Crippen LogP contribution in [0.15, 0.2) is 28.7 Å². The number of ether oxygens (including phenoxy) is 1. The standard InChI is InChI=1S/C17H24BrN3O3/c1-24-12-4-7-19-16(22)13-20-8-10-21(11-9-20)17(23)14-5-2-3-6-15(14)18/h2-3,5-6H,4,7-13H2,1H3,(H,19,22). The highest BCUT2D eigenvalue weighted by atomic mass is 79.9. The van der Waals surface area contributed by atoms with Gasteiger partial charge in [-0.1, -0.05) is 12.1 Å². The van der Waals surface area contributed by atoms with Gasteiger partial charge in [0, 0.05) is 50.9 Å². The molecule has 0 radical (unpaired) electrons. The van der Waals surface area contributed by atoms with E-state index in [0.29, 0.717) is 51.4 Å². The van der Waals surface area contributed by atoms with Crippen molar-refractivity contribution in [3.63, 3.8) is 0 Å². The van der Waals surface area contributed by atoms with Crippen LogP contribution in [-0.2, 0) is 9.53 Å². The maximum atomic E-state index is 12.5. The lowest BCUT2D eigenvalue weighted by molar-refractivity contribution is -0.122. The summed E-state index contributed by atoms with van der Waals surface area (Å²) in [6.45, 7) is 4.35. The van der Waals surface area contributed by atoms with Crippen LogP contribution < -0.4 is 5.32 Å². The van der Waals surface area contributed by atoms with Crippen LogP contribution in [-0.4, -0.2) is 74.6 Å². The van der Waals surface area contributed by atoms with E-state index in [1.54, 1.807) is 7.11 Å². The summed E-state index contributed by atoms with van der Waals surface area (Å²) < 4.78 is 5.76. The molecule has 1 aromatic carbocycles. The van der Waals surface area contributed by atoms with Crippen molar-refractivity contribution in [1.82, 2.24) is 15.1 Å². The third kappa shape index (κ3) is 5.58. The molecule has 0 bridgehead atoms. The molecule has 1 aliphatic heterocycles. The number of benzene rings is 1. The van der Waals surface area contributed by atoms with E-state index in [1.807, 2.05) is 29.2 Å². The third-order valence-corrected chi connectivity index (χ3v) is 4.67. The molecule has 6 nitrogen and oxygen atoms in total. The van der Waals surface area contributed by atoms with E-state index in [9.17, 15) is 9.59 Å². The van der Waals surface area contributed by atoms with Gasteiger partial charge in [0.1, 0.15) is 0 Å². The van der Waals surface area contributed by atoms with E-state index in [2.05, 4.69) is 26.1 Å². The Bertz CT molecular complexity index is 560. The van der Waals surface area contributed by atoms with Gasteiger partial charge >= 0.3 is 0 Å². The van der Waals surface area contributed by atoms with Crippen LogP contribution in [0, 0.1) is 0 Å². The monoisotopic (exact) mass is 397 g/mol. The summed E-state index contributed by atoms with van der Waals surface area (Å²) in [5.74, 6) is 0.0582. The molecule has 1 saturated heterocycles. The average molecular weight is 398 g/mol. The molecule has 0 saturated carbocycles. The maximum Gasteiger partial charge on any atom is 0.255 e. The summed E-state index contributed by atoms with van der Waals surface area (Å²) in [4.78, 5) is 28.3. The second kappa shape index (κ2) is 9.76. The summed E-state index contributed by atoms with van der Waals surface area (Å²) >= 11 is 3.42. The van der Waals surface area contributed by atoms with E-state index in [1.165, 1.54) is 0 Å². The van der Waals surface area contributed by atoms with Crippen molar-refractivity contribution in [2.75, 3.05) is 53.0 Å². The predicted octanol–water partition coefficient (Wildman–Crippen LogP) is 1.36. The van der Waals surface area contributed by atoms with Crippen molar-refractivity contribution < 1.29 is 14.3 Å². The summed E-state index contributed by atoms with van der Waals surface area (Å²) in [5, 5.41) is 2.88. The zero-order chi connectivity index (χ0) is 17.4. The molecule has 1 heterocycles. The number of piperazine rings is 1. The molecule has 0 aliphatic carbocycles. The van der Waals surface area contributed by atoms with Gasteiger partial charge in [-0.25, -0.2) is 0 Å². The second-order valence-corrected chi connectivity index (χ2v) is 6.60.